The maximum Gasteiger partial charge on any atom is 0.165 e. The smallest absolute Gasteiger partial charge is 0.165 e. The van der Waals surface area contributed by atoms with Crippen LogP contribution in [0.4, 0.5) is 0 Å². The first kappa shape index (κ1) is 12.3. The monoisotopic (exact) mass is 213 g/mol. The van der Waals surface area contributed by atoms with E-state index in [1.165, 1.54) is 0 Å². The highest BCUT2D eigenvalue weighted by molar-refractivity contribution is 5.90. The van der Waals surface area contributed by atoms with Gasteiger partial charge in [-0.2, -0.15) is 0 Å². The Labute approximate surface area is 90.6 Å². The molecule has 0 N–H and O–H groups in total. The van der Waals surface area contributed by atoms with Crippen molar-refractivity contribution in [2.24, 2.45) is 0 Å². The molecule has 86 valence electrons. The second-order valence-electron chi connectivity index (χ2n) is 4.53. The number of rotatable bonds is 4. The van der Waals surface area contributed by atoms with Gasteiger partial charge in [-0.05, 0) is 27.4 Å². The Morgan fingerprint density at radius 1 is 1.53 bits per heavy atom. The number of hydrogen-bond acceptors (Lipinski definition) is 4. The number of ether oxygens (including phenoxy) is 1. The second-order valence-corrected chi connectivity index (χ2v) is 4.53. The van der Waals surface area contributed by atoms with Gasteiger partial charge in [-0.3, -0.25) is 9.59 Å². The number of hydrogen-bond donors (Lipinski definition) is 0. The van der Waals surface area contributed by atoms with Gasteiger partial charge >= 0.3 is 0 Å². The van der Waals surface area contributed by atoms with Gasteiger partial charge in [0.25, 0.3) is 0 Å². The molecule has 0 aromatic heterocycles. The highest BCUT2D eigenvalue weighted by Gasteiger charge is 2.37. The predicted octanol–water partition coefficient (Wildman–Crippen LogP) is 0.645. The van der Waals surface area contributed by atoms with Crippen LogP contribution >= 0.6 is 0 Å². The summed E-state index contributed by atoms with van der Waals surface area (Å²) in [5, 5.41) is 0. The quantitative estimate of drug-likeness (QED) is 0.687. The Morgan fingerprint density at radius 2 is 2.20 bits per heavy atom. The minimum absolute atomic E-state index is 0.0875. The maximum atomic E-state index is 11.9. The molecule has 0 aromatic carbocycles. The predicted molar refractivity (Wildman–Crippen MR) is 56.8 cm³/mol. The van der Waals surface area contributed by atoms with Crippen LogP contribution in [-0.4, -0.2) is 49.3 Å². The fourth-order valence-corrected chi connectivity index (χ4v) is 1.57. The zero-order chi connectivity index (χ0) is 11.5. The molecule has 15 heavy (non-hydrogen) atoms. The average molecular weight is 213 g/mol. The van der Waals surface area contributed by atoms with E-state index < -0.39 is 5.60 Å². The lowest BCUT2D eigenvalue weighted by atomic mass is 9.89. The van der Waals surface area contributed by atoms with Gasteiger partial charge in [-0.25, -0.2) is 0 Å². The summed E-state index contributed by atoms with van der Waals surface area (Å²) in [5.41, 5.74) is -0.732. The number of ketones is 2. The van der Waals surface area contributed by atoms with E-state index in [4.69, 9.17) is 4.74 Å². The van der Waals surface area contributed by atoms with Crippen molar-refractivity contribution < 1.29 is 14.3 Å². The minimum Gasteiger partial charge on any atom is -0.360 e. The molecule has 0 saturated carbocycles. The van der Waals surface area contributed by atoms with Gasteiger partial charge in [-0.15, -0.1) is 0 Å². The van der Waals surface area contributed by atoms with Gasteiger partial charge in [0.2, 0.25) is 0 Å². The van der Waals surface area contributed by atoms with Crippen LogP contribution in [-0.2, 0) is 14.3 Å². The van der Waals surface area contributed by atoms with Crippen molar-refractivity contribution >= 4 is 11.6 Å². The lowest BCUT2D eigenvalue weighted by Gasteiger charge is -2.32. The lowest BCUT2D eigenvalue weighted by Crippen LogP contribution is -2.44. The van der Waals surface area contributed by atoms with Crippen LogP contribution in [0.1, 0.15) is 26.2 Å². The Morgan fingerprint density at radius 3 is 2.67 bits per heavy atom. The molecule has 1 fully saturated rings. The van der Waals surface area contributed by atoms with Gasteiger partial charge < -0.3 is 9.64 Å². The first-order chi connectivity index (χ1) is 6.94. The molecule has 1 atom stereocenters. The molecule has 4 nitrogen and oxygen atoms in total. The summed E-state index contributed by atoms with van der Waals surface area (Å²) in [6.45, 7) is 2.60. The molecule has 0 radical (unpaired) electrons. The largest absolute Gasteiger partial charge is 0.360 e. The van der Waals surface area contributed by atoms with Crippen LogP contribution in [0.15, 0.2) is 0 Å². The number of carbonyl (C=O) groups excluding carboxylic acids is 2. The van der Waals surface area contributed by atoms with Gasteiger partial charge in [0.05, 0.1) is 0 Å². The summed E-state index contributed by atoms with van der Waals surface area (Å²) in [7, 11) is 3.86. The van der Waals surface area contributed by atoms with Crippen LogP contribution in [0.3, 0.4) is 0 Å². The van der Waals surface area contributed by atoms with E-state index in [1.807, 2.05) is 19.0 Å². The van der Waals surface area contributed by atoms with Crippen molar-refractivity contribution in [3.8, 4) is 0 Å². The van der Waals surface area contributed by atoms with Crippen molar-refractivity contribution in [2.75, 3.05) is 27.2 Å². The van der Waals surface area contributed by atoms with Gasteiger partial charge in [0.15, 0.2) is 11.6 Å². The fraction of sp³-hybridized carbons (Fsp3) is 0.818. The third-order valence-electron chi connectivity index (χ3n) is 2.81. The van der Waals surface area contributed by atoms with Crippen LogP contribution < -0.4 is 0 Å². The number of nitrogens with zero attached hydrogens (tertiary/aromatic N) is 1. The molecule has 0 amide bonds. The van der Waals surface area contributed by atoms with Crippen molar-refractivity contribution in [3.05, 3.63) is 0 Å². The summed E-state index contributed by atoms with van der Waals surface area (Å²) < 4.78 is 5.35. The van der Waals surface area contributed by atoms with Gasteiger partial charge in [-0.1, -0.05) is 0 Å². The number of carbonyl (C=O) groups is 2. The van der Waals surface area contributed by atoms with E-state index in [1.54, 1.807) is 6.92 Å². The number of Topliss-reactive ketones (excluding diaryl/α,β-unsaturated/α-hetero) is 2. The summed E-state index contributed by atoms with van der Waals surface area (Å²) >= 11 is 0. The molecular weight excluding hydrogens is 194 g/mol. The Hall–Kier alpha value is -0.740. The van der Waals surface area contributed by atoms with Crippen LogP contribution in [0.2, 0.25) is 0 Å². The molecule has 1 aliphatic heterocycles. The molecule has 1 aliphatic rings. The molecule has 1 rings (SSSR count). The standard InChI is InChI=1S/C11H19NO3/c1-11(6-4-9(13)8-15-11)10(14)5-7-12(2)3/h4-8H2,1-3H3. The fourth-order valence-electron chi connectivity index (χ4n) is 1.57. The zero-order valence-electron chi connectivity index (χ0n) is 9.71. The van der Waals surface area contributed by atoms with Crippen molar-refractivity contribution in [1.29, 1.82) is 0 Å². The third-order valence-corrected chi connectivity index (χ3v) is 2.81. The lowest BCUT2D eigenvalue weighted by molar-refractivity contribution is -0.155. The molecule has 1 saturated heterocycles. The first-order valence-corrected chi connectivity index (χ1v) is 5.28. The Bertz CT molecular complexity index is 251. The normalized spacial score (nSPS) is 27.1. The van der Waals surface area contributed by atoms with E-state index in [-0.39, 0.29) is 18.2 Å². The minimum atomic E-state index is -0.732. The summed E-state index contributed by atoms with van der Waals surface area (Å²) in [5.74, 6) is 0.191. The molecule has 0 spiro atoms. The van der Waals surface area contributed by atoms with Crippen LogP contribution in [0.25, 0.3) is 0 Å². The van der Waals surface area contributed by atoms with Crippen molar-refractivity contribution in [1.82, 2.24) is 4.90 Å². The van der Waals surface area contributed by atoms with Gasteiger partial charge in [0.1, 0.15) is 12.2 Å². The van der Waals surface area contributed by atoms with Crippen molar-refractivity contribution in [2.45, 2.75) is 31.8 Å². The van der Waals surface area contributed by atoms with E-state index in [9.17, 15) is 9.59 Å². The molecule has 0 aliphatic carbocycles. The molecule has 4 heteroatoms. The van der Waals surface area contributed by atoms with E-state index >= 15 is 0 Å². The van der Waals surface area contributed by atoms with Crippen molar-refractivity contribution in [3.63, 3.8) is 0 Å². The summed E-state index contributed by atoms with van der Waals surface area (Å²) in [6.07, 6.45) is 1.47. The summed E-state index contributed by atoms with van der Waals surface area (Å²) in [6, 6.07) is 0. The van der Waals surface area contributed by atoms with E-state index in [2.05, 4.69) is 0 Å². The third kappa shape index (κ3) is 3.39. The Kier molecular flexibility index (Phi) is 3.99. The molecule has 0 bridgehead atoms. The SMILES string of the molecule is CN(C)CCC(=O)C1(C)CCC(=O)CO1. The summed E-state index contributed by atoms with van der Waals surface area (Å²) in [4.78, 5) is 24.8. The average Bonchev–Trinajstić information content (AvgIpc) is 2.19. The zero-order valence-corrected chi connectivity index (χ0v) is 9.71. The molecule has 1 heterocycles. The van der Waals surface area contributed by atoms with Gasteiger partial charge in [0, 0.05) is 19.4 Å². The first-order valence-electron chi connectivity index (χ1n) is 5.28. The molecule has 1 unspecified atom stereocenters. The molecular formula is C11H19NO3. The topological polar surface area (TPSA) is 46.6 Å². The van der Waals surface area contributed by atoms with E-state index in [0.717, 1.165) is 6.54 Å². The van der Waals surface area contributed by atoms with Crippen LogP contribution in [0.5, 0.6) is 0 Å². The molecule has 0 aromatic rings. The maximum absolute atomic E-state index is 11.9. The highest BCUT2D eigenvalue weighted by atomic mass is 16.5. The Balaban J connectivity index is 2.47. The van der Waals surface area contributed by atoms with Crippen LogP contribution in [0, 0.1) is 0 Å². The second kappa shape index (κ2) is 4.86. The van der Waals surface area contributed by atoms with E-state index in [0.29, 0.717) is 19.3 Å². The highest BCUT2D eigenvalue weighted by Crippen LogP contribution is 2.25.